The van der Waals surface area contributed by atoms with Crippen LogP contribution in [0.25, 0.3) is 10.8 Å². The summed E-state index contributed by atoms with van der Waals surface area (Å²) in [5.74, 6) is -0.383. The summed E-state index contributed by atoms with van der Waals surface area (Å²) in [6.45, 7) is 0.865. The lowest BCUT2D eigenvalue weighted by Crippen LogP contribution is -2.45. The molecule has 2 aromatic rings. The van der Waals surface area contributed by atoms with E-state index in [4.69, 9.17) is 0 Å². The van der Waals surface area contributed by atoms with Crippen molar-refractivity contribution in [3.63, 3.8) is 0 Å². The number of fused-ring (bicyclic) bond motifs is 1. The second kappa shape index (κ2) is 7.13. The molecule has 1 fully saturated rings. The first-order chi connectivity index (χ1) is 11.5. The van der Waals surface area contributed by atoms with Crippen molar-refractivity contribution >= 4 is 16.7 Å². The summed E-state index contributed by atoms with van der Waals surface area (Å²) >= 11 is 0. The van der Waals surface area contributed by atoms with Gasteiger partial charge in [0.25, 0.3) is 12.3 Å². The Labute approximate surface area is 139 Å². The van der Waals surface area contributed by atoms with E-state index in [1.165, 1.54) is 0 Å². The Morgan fingerprint density at radius 3 is 2.46 bits per heavy atom. The number of alkyl halides is 2. The van der Waals surface area contributed by atoms with Crippen LogP contribution in [-0.4, -0.2) is 48.0 Å². The number of aromatic hydroxyl groups is 1. The number of nitrogens with zero attached hydrogens (tertiary/aromatic N) is 1. The van der Waals surface area contributed by atoms with E-state index in [0.29, 0.717) is 25.9 Å². The van der Waals surface area contributed by atoms with E-state index in [1.54, 1.807) is 17.0 Å². The Hall–Kier alpha value is -2.21. The number of nitrogens with one attached hydrogen (secondary N) is 1. The minimum Gasteiger partial charge on any atom is -0.507 e. The van der Waals surface area contributed by atoms with Gasteiger partial charge in [-0.05, 0) is 35.7 Å². The number of hydrogen-bond donors (Lipinski definition) is 2. The van der Waals surface area contributed by atoms with Crippen molar-refractivity contribution in [3.05, 3.63) is 42.0 Å². The molecule has 1 aliphatic heterocycles. The molecule has 1 saturated heterocycles. The summed E-state index contributed by atoms with van der Waals surface area (Å²) in [7, 11) is 0. The predicted molar refractivity (Wildman–Crippen MR) is 88.5 cm³/mol. The van der Waals surface area contributed by atoms with Crippen LogP contribution in [-0.2, 0) is 0 Å². The number of halogens is 2. The molecule has 0 saturated carbocycles. The lowest BCUT2D eigenvalue weighted by Gasteiger charge is -2.32. The van der Waals surface area contributed by atoms with Gasteiger partial charge in [-0.2, -0.15) is 0 Å². The maximum atomic E-state index is 12.4. The van der Waals surface area contributed by atoms with Crippen LogP contribution >= 0.6 is 0 Å². The van der Waals surface area contributed by atoms with Crippen molar-refractivity contribution in [1.29, 1.82) is 0 Å². The number of amides is 1. The number of carbonyl (C=O) groups excluding carboxylic acids is 1. The van der Waals surface area contributed by atoms with Crippen molar-refractivity contribution in [3.8, 4) is 5.75 Å². The number of carbonyl (C=O) groups is 1. The highest BCUT2D eigenvalue weighted by Gasteiger charge is 2.23. The van der Waals surface area contributed by atoms with Gasteiger partial charge in [-0.25, -0.2) is 8.78 Å². The van der Waals surface area contributed by atoms with Gasteiger partial charge in [-0.15, -0.1) is 0 Å². The molecule has 0 aromatic heterocycles. The Kier molecular flexibility index (Phi) is 4.94. The molecule has 2 aromatic carbocycles. The van der Waals surface area contributed by atoms with Gasteiger partial charge >= 0.3 is 0 Å². The number of rotatable bonds is 4. The smallest absolute Gasteiger partial charge is 0.255 e. The molecule has 0 spiro atoms. The van der Waals surface area contributed by atoms with Gasteiger partial charge in [-0.3, -0.25) is 9.69 Å². The molecule has 1 heterocycles. The second-order valence-corrected chi connectivity index (χ2v) is 6.16. The Morgan fingerprint density at radius 2 is 1.83 bits per heavy atom. The molecule has 0 radical (unpaired) electrons. The van der Waals surface area contributed by atoms with Crippen molar-refractivity contribution in [2.45, 2.75) is 25.3 Å². The Balaban J connectivity index is 1.64. The SMILES string of the molecule is O=C(NC1CCN(CC(F)F)CC1)c1cc2ccccc2cc1O. The summed E-state index contributed by atoms with van der Waals surface area (Å²) in [6, 6.07) is 10.7. The summed E-state index contributed by atoms with van der Waals surface area (Å²) in [4.78, 5) is 14.1. The molecule has 1 amide bonds. The highest BCUT2D eigenvalue weighted by molar-refractivity contribution is 6.01. The van der Waals surface area contributed by atoms with E-state index in [9.17, 15) is 18.7 Å². The Bertz CT molecular complexity index is 728. The van der Waals surface area contributed by atoms with Crippen LogP contribution in [0.4, 0.5) is 8.78 Å². The van der Waals surface area contributed by atoms with Gasteiger partial charge < -0.3 is 10.4 Å². The van der Waals surface area contributed by atoms with Crippen LogP contribution in [0.2, 0.25) is 0 Å². The van der Waals surface area contributed by atoms with Crippen LogP contribution in [0.15, 0.2) is 36.4 Å². The molecule has 1 aliphatic rings. The summed E-state index contributed by atoms with van der Waals surface area (Å²) in [6.07, 6.45) is -1.06. The minimum absolute atomic E-state index is 0.0543. The number of phenols is 1. The zero-order valence-electron chi connectivity index (χ0n) is 13.2. The Morgan fingerprint density at radius 1 is 1.21 bits per heavy atom. The van der Waals surface area contributed by atoms with Gasteiger partial charge in [0, 0.05) is 19.1 Å². The van der Waals surface area contributed by atoms with Crippen LogP contribution in [0.1, 0.15) is 23.2 Å². The second-order valence-electron chi connectivity index (χ2n) is 6.16. The molecule has 6 heteroatoms. The third-order valence-electron chi connectivity index (χ3n) is 4.43. The monoisotopic (exact) mass is 334 g/mol. The number of hydrogen-bond acceptors (Lipinski definition) is 3. The molecule has 0 aliphatic carbocycles. The van der Waals surface area contributed by atoms with Crippen LogP contribution < -0.4 is 5.32 Å². The van der Waals surface area contributed by atoms with Crippen molar-refractivity contribution in [2.24, 2.45) is 0 Å². The fraction of sp³-hybridized carbons (Fsp3) is 0.389. The van der Waals surface area contributed by atoms with Crippen LogP contribution in [0.5, 0.6) is 5.75 Å². The highest BCUT2D eigenvalue weighted by atomic mass is 19.3. The fourth-order valence-electron chi connectivity index (χ4n) is 3.13. The zero-order chi connectivity index (χ0) is 17.1. The van der Waals surface area contributed by atoms with Crippen LogP contribution in [0.3, 0.4) is 0 Å². The zero-order valence-corrected chi connectivity index (χ0v) is 13.2. The van der Waals surface area contributed by atoms with Gasteiger partial charge in [0.15, 0.2) is 0 Å². The summed E-state index contributed by atoms with van der Waals surface area (Å²) in [5, 5.41) is 14.7. The number of likely N-dealkylation sites (tertiary alicyclic amines) is 1. The fourth-order valence-corrected chi connectivity index (χ4v) is 3.13. The maximum Gasteiger partial charge on any atom is 0.255 e. The van der Waals surface area contributed by atoms with Crippen molar-refractivity contribution in [1.82, 2.24) is 10.2 Å². The number of benzene rings is 2. The molecule has 0 bridgehead atoms. The minimum atomic E-state index is -2.33. The molecular formula is C18H20F2N2O2. The summed E-state index contributed by atoms with van der Waals surface area (Å²) < 4.78 is 24.8. The predicted octanol–water partition coefficient (Wildman–Crippen LogP) is 3.00. The van der Waals surface area contributed by atoms with Gasteiger partial charge in [0.05, 0.1) is 12.1 Å². The quantitative estimate of drug-likeness (QED) is 0.904. The van der Waals surface area contributed by atoms with Gasteiger partial charge in [0.2, 0.25) is 0 Å². The van der Waals surface area contributed by atoms with E-state index >= 15 is 0 Å². The van der Waals surface area contributed by atoms with Crippen molar-refractivity contribution < 1.29 is 18.7 Å². The maximum absolute atomic E-state index is 12.4. The molecule has 3 rings (SSSR count). The molecule has 0 unspecified atom stereocenters. The number of piperidine rings is 1. The van der Waals surface area contributed by atoms with E-state index in [-0.39, 0.29) is 29.8 Å². The average molecular weight is 334 g/mol. The summed E-state index contributed by atoms with van der Waals surface area (Å²) in [5.41, 5.74) is 0.240. The first kappa shape index (κ1) is 16.6. The van der Waals surface area contributed by atoms with E-state index < -0.39 is 6.43 Å². The highest BCUT2D eigenvalue weighted by Crippen LogP contribution is 2.25. The molecular weight excluding hydrogens is 314 g/mol. The van der Waals surface area contributed by atoms with Gasteiger partial charge in [-0.1, -0.05) is 24.3 Å². The third kappa shape index (κ3) is 3.82. The topological polar surface area (TPSA) is 52.6 Å². The van der Waals surface area contributed by atoms with E-state index in [1.807, 2.05) is 24.3 Å². The van der Waals surface area contributed by atoms with E-state index in [2.05, 4.69) is 5.32 Å². The standard InChI is InChI=1S/C18H20F2N2O2/c19-17(20)11-22-7-5-14(6-8-22)21-18(24)15-9-12-3-1-2-4-13(12)10-16(15)23/h1-4,9-10,14,17,23H,5-8,11H2,(H,21,24). The molecule has 128 valence electrons. The largest absolute Gasteiger partial charge is 0.507 e. The van der Waals surface area contributed by atoms with E-state index in [0.717, 1.165) is 10.8 Å². The molecule has 4 nitrogen and oxygen atoms in total. The normalized spacial score (nSPS) is 16.6. The van der Waals surface area contributed by atoms with Crippen molar-refractivity contribution in [2.75, 3.05) is 19.6 Å². The third-order valence-corrected chi connectivity index (χ3v) is 4.43. The molecule has 24 heavy (non-hydrogen) atoms. The molecule has 2 N–H and O–H groups in total. The first-order valence-electron chi connectivity index (χ1n) is 8.06. The molecule has 0 atom stereocenters. The average Bonchev–Trinajstić information content (AvgIpc) is 2.55. The lowest BCUT2D eigenvalue weighted by molar-refractivity contribution is 0.0695. The number of phenolic OH excluding ortho intramolecular Hbond substituents is 1. The van der Waals surface area contributed by atoms with Gasteiger partial charge in [0.1, 0.15) is 5.75 Å². The first-order valence-corrected chi connectivity index (χ1v) is 8.06. The lowest BCUT2D eigenvalue weighted by atomic mass is 10.0. The van der Waals surface area contributed by atoms with Crippen LogP contribution in [0, 0.1) is 0 Å².